The molecule has 0 aliphatic carbocycles. The van der Waals surface area contributed by atoms with E-state index in [1.807, 2.05) is 36.4 Å². The molecule has 2 aromatic rings. The molecule has 2 aromatic carbocycles. The molecule has 0 atom stereocenters. The number of ether oxygens (including phenoxy) is 2. The molecule has 27 heavy (non-hydrogen) atoms. The molecule has 5 nitrogen and oxygen atoms in total. The van der Waals surface area contributed by atoms with Crippen LogP contribution in [0.2, 0.25) is 5.02 Å². The lowest BCUT2D eigenvalue weighted by molar-refractivity contribution is 0.280. The van der Waals surface area contributed by atoms with E-state index in [9.17, 15) is 0 Å². The first-order valence-electron chi connectivity index (χ1n) is 8.30. The Hall–Kier alpha value is -1.21. The number of hydrogen-bond donors (Lipinski definition) is 3. The maximum Gasteiger partial charge on any atom is 0.166 e. The highest BCUT2D eigenvalue weighted by Crippen LogP contribution is 2.35. The second-order valence-electron chi connectivity index (χ2n) is 5.52. The minimum Gasteiger partial charge on any atom is -0.493 e. The summed E-state index contributed by atoms with van der Waals surface area (Å²) in [6.07, 6.45) is 0. The van der Waals surface area contributed by atoms with Crippen molar-refractivity contribution in [3.8, 4) is 11.5 Å². The van der Waals surface area contributed by atoms with Crippen molar-refractivity contribution < 1.29 is 14.6 Å². The summed E-state index contributed by atoms with van der Waals surface area (Å²) in [5, 5.41) is 15.8. The van der Waals surface area contributed by atoms with Gasteiger partial charge in [-0.05, 0) is 11.6 Å². The van der Waals surface area contributed by atoms with Gasteiger partial charge in [-0.25, -0.2) is 0 Å². The zero-order valence-corrected chi connectivity index (χ0v) is 17.6. The Morgan fingerprint density at radius 1 is 1.00 bits per heavy atom. The molecule has 0 aliphatic rings. The number of hydrogen-bond acceptors (Lipinski definition) is 5. The number of aliphatic hydroxyl groups is 1. The van der Waals surface area contributed by atoms with Crippen LogP contribution in [-0.4, -0.2) is 38.5 Å². The molecule has 0 fully saturated rings. The van der Waals surface area contributed by atoms with Crippen LogP contribution in [0.3, 0.4) is 0 Å². The van der Waals surface area contributed by atoms with Gasteiger partial charge in [0.05, 0.1) is 13.7 Å². The summed E-state index contributed by atoms with van der Waals surface area (Å²) in [5.74, 6) is 1.32. The largest absolute Gasteiger partial charge is 0.493 e. The van der Waals surface area contributed by atoms with E-state index in [1.165, 1.54) is 0 Å². The number of benzene rings is 2. The highest BCUT2D eigenvalue weighted by molar-refractivity contribution is 6.30. The molecule has 0 aromatic heterocycles. The highest BCUT2D eigenvalue weighted by Gasteiger charge is 2.13. The first-order valence-corrected chi connectivity index (χ1v) is 8.68. The van der Waals surface area contributed by atoms with Gasteiger partial charge in [-0.3, -0.25) is 0 Å². The van der Waals surface area contributed by atoms with Crippen molar-refractivity contribution in [3.05, 3.63) is 58.6 Å². The third-order valence-electron chi connectivity index (χ3n) is 3.63. The summed E-state index contributed by atoms with van der Waals surface area (Å²) in [4.78, 5) is 0. The van der Waals surface area contributed by atoms with Gasteiger partial charge in [0.1, 0.15) is 6.61 Å². The van der Waals surface area contributed by atoms with Gasteiger partial charge in [0, 0.05) is 42.8 Å². The summed E-state index contributed by atoms with van der Waals surface area (Å²) in [6.45, 7) is 3.36. The summed E-state index contributed by atoms with van der Waals surface area (Å²) in [5.41, 5.74) is 2.04. The standard InChI is InChI=1S/C19H25ClN2O3.2ClH/c1-24-18-12-17(20)11-16(13-22-8-7-21-9-10-23)19(18)25-14-15-5-3-2-4-6-15;;/h2-6,11-12,21-23H,7-10,13-14H2,1H3;2*1H. The van der Waals surface area contributed by atoms with Crippen molar-refractivity contribution in [1.82, 2.24) is 10.6 Å². The van der Waals surface area contributed by atoms with Gasteiger partial charge in [0.25, 0.3) is 0 Å². The molecule has 152 valence electrons. The van der Waals surface area contributed by atoms with Crippen molar-refractivity contribution in [3.63, 3.8) is 0 Å². The predicted octanol–water partition coefficient (Wildman–Crippen LogP) is 3.44. The van der Waals surface area contributed by atoms with E-state index in [-0.39, 0.29) is 31.4 Å². The Morgan fingerprint density at radius 3 is 2.37 bits per heavy atom. The molecule has 2 rings (SSSR count). The Bertz CT molecular complexity index is 646. The average Bonchev–Trinajstić information content (AvgIpc) is 2.64. The molecular formula is C19H27Cl3N2O3. The normalized spacial score (nSPS) is 9.89. The van der Waals surface area contributed by atoms with Crippen LogP contribution < -0.4 is 20.1 Å². The number of nitrogens with one attached hydrogen (secondary N) is 2. The fourth-order valence-corrected chi connectivity index (χ4v) is 2.63. The second kappa shape index (κ2) is 14.8. The fraction of sp³-hybridized carbons (Fsp3) is 0.368. The number of rotatable bonds is 11. The smallest absolute Gasteiger partial charge is 0.166 e. The maximum atomic E-state index is 8.75. The van der Waals surface area contributed by atoms with Crippen molar-refractivity contribution >= 4 is 36.4 Å². The van der Waals surface area contributed by atoms with E-state index < -0.39 is 0 Å². The van der Waals surface area contributed by atoms with Gasteiger partial charge >= 0.3 is 0 Å². The summed E-state index contributed by atoms with van der Waals surface area (Å²) >= 11 is 6.20. The average molecular weight is 438 g/mol. The lowest BCUT2D eigenvalue weighted by Gasteiger charge is -2.16. The van der Waals surface area contributed by atoms with Gasteiger partial charge in [-0.15, -0.1) is 24.8 Å². The summed E-state index contributed by atoms with van der Waals surface area (Å²) in [6, 6.07) is 13.6. The number of aliphatic hydroxyl groups excluding tert-OH is 1. The highest BCUT2D eigenvalue weighted by atomic mass is 35.5. The molecular weight excluding hydrogens is 411 g/mol. The van der Waals surface area contributed by atoms with Gasteiger partial charge in [-0.1, -0.05) is 41.9 Å². The zero-order chi connectivity index (χ0) is 17.9. The molecule has 0 aliphatic heterocycles. The van der Waals surface area contributed by atoms with Crippen LogP contribution >= 0.6 is 36.4 Å². The number of halogens is 3. The third kappa shape index (κ3) is 9.02. The van der Waals surface area contributed by atoms with Crippen LogP contribution in [-0.2, 0) is 13.2 Å². The lowest BCUT2D eigenvalue weighted by Crippen LogP contribution is -2.28. The van der Waals surface area contributed by atoms with E-state index in [1.54, 1.807) is 13.2 Å². The van der Waals surface area contributed by atoms with Gasteiger partial charge < -0.3 is 25.2 Å². The zero-order valence-electron chi connectivity index (χ0n) is 15.2. The van der Waals surface area contributed by atoms with E-state index in [0.29, 0.717) is 36.2 Å². The third-order valence-corrected chi connectivity index (χ3v) is 3.84. The van der Waals surface area contributed by atoms with Crippen molar-refractivity contribution in [2.24, 2.45) is 0 Å². The minimum atomic E-state index is 0. The van der Waals surface area contributed by atoms with Gasteiger partial charge in [0.2, 0.25) is 0 Å². The molecule has 0 heterocycles. The first-order chi connectivity index (χ1) is 12.2. The van der Waals surface area contributed by atoms with Crippen LogP contribution in [0.15, 0.2) is 42.5 Å². The Kier molecular flexibility index (Phi) is 14.1. The molecule has 0 saturated heterocycles. The molecule has 0 radical (unpaired) electrons. The maximum absolute atomic E-state index is 8.75. The second-order valence-corrected chi connectivity index (χ2v) is 5.96. The summed E-state index contributed by atoms with van der Waals surface area (Å²) < 4.78 is 11.5. The first kappa shape index (κ1) is 25.8. The fourth-order valence-electron chi connectivity index (χ4n) is 2.40. The van der Waals surface area contributed by atoms with E-state index >= 15 is 0 Å². The minimum absolute atomic E-state index is 0. The van der Waals surface area contributed by atoms with Crippen LogP contribution in [0, 0.1) is 0 Å². The van der Waals surface area contributed by atoms with Crippen molar-refractivity contribution in [1.29, 1.82) is 0 Å². The molecule has 8 heteroatoms. The molecule has 0 unspecified atom stereocenters. The molecule has 0 bridgehead atoms. The Morgan fingerprint density at radius 2 is 1.70 bits per heavy atom. The molecule has 3 N–H and O–H groups in total. The van der Waals surface area contributed by atoms with E-state index in [4.69, 9.17) is 26.2 Å². The van der Waals surface area contributed by atoms with E-state index in [0.717, 1.165) is 24.2 Å². The molecule has 0 saturated carbocycles. The van der Waals surface area contributed by atoms with E-state index in [2.05, 4.69) is 10.6 Å². The van der Waals surface area contributed by atoms with Crippen LogP contribution in [0.5, 0.6) is 11.5 Å². The summed E-state index contributed by atoms with van der Waals surface area (Å²) in [7, 11) is 1.61. The molecule has 0 spiro atoms. The van der Waals surface area contributed by atoms with Crippen LogP contribution in [0.25, 0.3) is 0 Å². The van der Waals surface area contributed by atoms with Crippen LogP contribution in [0.4, 0.5) is 0 Å². The van der Waals surface area contributed by atoms with Gasteiger partial charge in [0.15, 0.2) is 11.5 Å². The SMILES string of the molecule is COc1cc(Cl)cc(CNCCNCCO)c1OCc1ccccc1.Cl.Cl. The predicted molar refractivity (Wildman–Crippen MR) is 115 cm³/mol. The Balaban J connectivity index is 0.00000338. The Labute approximate surface area is 178 Å². The monoisotopic (exact) mass is 436 g/mol. The van der Waals surface area contributed by atoms with Crippen molar-refractivity contribution in [2.75, 3.05) is 33.4 Å². The topological polar surface area (TPSA) is 62.8 Å². The van der Waals surface area contributed by atoms with Crippen molar-refractivity contribution in [2.45, 2.75) is 13.2 Å². The molecule has 0 amide bonds. The quantitative estimate of drug-likeness (QED) is 0.470. The van der Waals surface area contributed by atoms with Crippen LogP contribution in [0.1, 0.15) is 11.1 Å². The number of methoxy groups -OCH3 is 1. The lowest BCUT2D eigenvalue weighted by atomic mass is 10.1. The van der Waals surface area contributed by atoms with Gasteiger partial charge in [-0.2, -0.15) is 0 Å².